The average molecular weight is 290 g/mol. The van der Waals surface area contributed by atoms with Crippen molar-refractivity contribution in [1.82, 2.24) is 9.78 Å². The first-order chi connectivity index (χ1) is 10.4. The summed E-state index contributed by atoms with van der Waals surface area (Å²) in [7, 11) is 0. The summed E-state index contributed by atoms with van der Waals surface area (Å²) in [5.41, 5.74) is 7.84. The van der Waals surface area contributed by atoms with Crippen LogP contribution in [0.5, 0.6) is 0 Å². The van der Waals surface area contributed by atoms with Crippen molar-refractivity contribution in [2.75, 3.05) is 5.73 Å². The highest BCUT2D eigenvalue weighted by Crippen LogP contribution is 2.31. The van der Waals surface area contributed by atoms with Gasteiger partial charge >= 0.3 is 0 Å². The Labute approximate surface area is 129 Å². The standard InChI is InChI=1S/C18H18N4/c1-18(2,3)22-17(20)15(11-19)16(21-22)14-9-8-12-6-4-5-7-13(12)10-14/h4-10H,20H2,1-3H3. The highest BCUT2D eigenvalue weighted by Gasteiger charge is 2.24. The number of benzene rings is 2. The van der Waals surface area contributed by atoms with Gasteiger partial charge in [0.2, 0.25) is 0 Å². The van der Waals surface area contributed by atoms with Gasteiger partial charge in [-0.2, -0.15) is 10.4 Å². The van der Waals surface area contributed by atoms with Crippen molar-refractivity contribution in [3.05, 3.63) is 48.0 Å². The Balaban J connectivity index is 2.24. The number of aromatic nitrogens is 2. The van der Waals surface area contributed by atoms with Crippen LogP contribution >= 0.6 is 0 Å². The third-order valence-corrected chi connectivity index (χ3v) is 3.69. The van der Waals surface area contributed by atoms with Gasteiger partial charge in [0.15, 0.2) is 0 Å². The molecule has 0 aliphatic rings. The second kappa shape index (κ2) is 4.88. The van der Waals surface area contributed by atoms with Gasteiger partial charge in [0, 0.05) is 5.56 Å². The van der Waals surface area contributed by atoms with Crippen LogP contribution < -0.4 is 5.73 Å². The van der Waals surface area contributed by atoms with Crippen molar-refractivity contribution in [2.24, 2.45) is 0 Å². The first kappa shape index (κ1) is 14.2. The predicted molar refractivity (Wildman–Crippen MR) is 89.3 cm³/mol. The molecule has 0 amide bonds. The van der Waals surface area contributed by atoms with Crippen LogP contribution in [0.4, 0.5) is 5.82 Å². The molecule has 3 rings (SSSR count). The second-order valence-corrected chi connectivity index (χ2v) is 6.37. The molecule has 0 aliphatic heterocycles. The van der Waals surface area contributed by atoms with E-state index in [0.29, 0.717) is 17.1 Å². The smallest absolute Gasteiger partial charge is 0.141 e. The van der Waals surface area contributed by atoms with Crippen LogP contribution in [0.15, 0.2) is 42.5 Å². The number of nitrogens with two attached hydrogens (primary N) is 1. The zero-order valence-electron chi connectivity index (χ0n) is 13.0. The summed E-state index contributed by atoms with van der Waals surface area (Å²) in [4.78, 5) is 0. The third-order valence-electron chi connectivity index (χ3n) is 3.69. The van der Waals surface area contributed by atoms with Crippen LogP contribution in [0.2, 0.25) is 0 Å². The van der Waals surface area contributed by atoms with Crippen LogP contribution in [0.1, 0.15) is 26.3 Å². The van der Waals surface area contributed by atoms with E-state index in [1.165, 1.54) is 0 Å². The summed E-state index contributed by atoms with van der Waals surface area (Å²) in [5.74, 6) is 0.415. The summed E-state index contributed by atoms with van der Waals surface area (Å²) in [5, 5.41) is 16.3. The number of rotatable bonds is 1. The maximum atomic E-state index is 9.47. The molecule has 22 heavy (non-hydrogen) atoms. The van der Waals surface area contributed by atoms with Gasteiger partial charge in [-0.05, 0) is 37.6 Å². The largest absolute Gasteiger partial charge is 0.383 e. The highest BCUT2D eigenvalue weighted by molar-refractivity contribution is 5.88. The van der Waals surface area contributed by atoms with E-state index in [-0.39, 0.29) is 5.54 Å². The molecule has 1 heterocycles. The first-order valence-corrected chi connectivity index (χ1v) is 7.20. The Morgan fingerprint density at radius 2 is 1.77 bits per heavy atom. The quantitative estimate of drug-likeness (QED) is 0.738. The van der Waals surface area contributed by atoms with Gasteiger partial charge in [-0.25, -0.2) is 4.68 Å². The lowest BCUT2D eigenvalue weighted by Crippen LogP contribution is -2.24. The van der Waals surface area contributed by atoms with Crippen molar-refractivity contribution in [1.29, 1.82) is 5.26 Å². The minimum atomic E-state index is -0.273. The number of nitrogens with zero attached hydrogens (tertiary/aromatic N) is 3. The molecule has 0 saturated heterocycles. The molecule has 1 aromatic heterocycles. The van der Waals surface area contributed by atoms with E-state index < -0.39 is 0 Å². The maximum absolute atomic E-state index is 9.47. The second-order valence-electron chi connectivity index (χ2n) is 6.37. The molecule has 0 atom stereocenters. The molecule has 0 bridgehead atoms. The van der Waals surface area contributed by atoms with Gasteiger partial charge in [0.1, 0.15) is 23.1 Å². The molecule has 0 unspecified atom stereocenters. The number of nitriles is 1. The molecule has 3 aromatic rings. The van der Waals surface area contributed by atoms with E-state index >= 15 is 0 Å². The normalized spacial score (nSPS) is 11.5. The lowest BCUT2D eigenvalue weighted by Gasteiger charge is -2.20. The lowest BCUT2D eigenvalue weighted by atomic mass is 10.0. The van der Waals surface area contributed by atoms with Crippen molar-refractivity contribution in [3.8, 4) is 17.3 Å². The fourth-order valence-electron chi connectivity index (χ4n) is 2.59. The summed E-state index contributed by atoms with van der Waals surface area (Å²) >= 11 is 0. The molecule has 0 radical (unpaired) electrons. The van der Waals surface area contributed by atoms with Crippen molar-refractivity contribution < 1.29 is 0 Å². The van der Waals surface area contributed by atoms with Crippen LogP contribution in [0.25, 0.3) is 22.0 Å². The minimum absolute atomic E-state index is 0.273. The Hall–Kier alpha value is -2.80. The van der Waals surface area contributed by atoms with Gasteiger partial charge in [-0.1, -0.05) is 36.4 Å². The molecule has 0 aliphatic carbocycles. The van der Waals surface area contributed by atoms with Gasteiger partial charge in [0.25, 0.3) is 0 Å². The van der Waals surface area contributed by atoms with Gasteiger partial charge < -0.3 is 5.73 Å². The monoisotopic (exact) mass is 290 g/mol. The van der Waals surface area contributed by atoms with E-state index in [0.717, 1.165) is 16.3 Å². The van der Waals surface area contributed by atoms with Crippen LogP contribution in [0.3, 0.4) is 0 Å². The Bertz CT molecular complexity index is 892. The minimum Gasteiger partial charge on any atom is -0.383 e. The van der Waals surface area contributed by atoms with E-state index in [4.69, 9.17) is 5.73 Å². The Morgan fingerprint density at radius 1 is 1.09 bits per heavy atom. The number of anilines is 1. The fraction of sp³-hybridized carbons (Fsp3) is 0.222. The molecular weight excluding hydrogens is 272 g/mol. The summed E-state index contributed by atoms with van der Waals surface area (Å²) in [6.07, 6.45) is 0. The maximum Gasteiger partial charge on any atom is 0.141 e. The topological polar surface area (TPSA) is 67.6 Å². The number of hydrogen-bond donors (Lipinski definition) is 1. The number of fused-ring (bicyclic) bond motifs is 1. The van der Waals surface area contributed by atoms with Gasteiger partial charge in [-0.3, -0.25) is 0 Å². The summed E-state index contributed by atoms with van der Waals surface area (Å²) < 4.78 is 1.72. The summed E-state index contributed by atoms with van der Waals surface area (Å²) in [6.45, 7) is 6.05. The Kier molecular flexibility index (Phi) is 3.14. The SMILES string of the molecule is CC(C)(C)n1nc(-c2ccc3ccccc3c2)c(C#N)c1N. The molecule has 0 spiro atoms. The van der Waals surface area contributed by atoms with Crippen molar-refractivity contribution >= 4 is 16.6 Å². The van der Waals surface area contributed by atoms with Gasteiger partial charge in [-0.15, -0.1) is 0 Å². The first-order valence-electron chi connectivity index (χ1n) is 7.20. The predicted octanol–water partition coefficient (Wildman–Crippen LogP) is 3.91. The average Bonchev–Trinajstić information content (AvgIpc) is 2.83. The molecule has 110 valence electrons. The zero-order valence-corrected chi connectivity index (χ0v) is 13.0. The molecular formula is C18H18N4. The third kappa shape index (κ3) is 2.21. The molecule has 4 heteroatoms. The van der Waals surface area contributed by atoms with E-state index in [1.54, 1.807) is 4.68 Å². The molecule has 2 N–H and O–H groups in total. The molecule has 4 nitrogen and oxygen atoms in total. The van der Waals surface area contributed by atoms with Crippen LogP contribution in [-0.4, -0.2) is 9.78 Å². The zero-order chi connectivity index (χ0) is 15.9. The van der Waals surface area contributed by atoms with E-state index in [2.05, 4.69) is 23.3 Å². The Morgan fingerprint density at radius 3 is 2.41 bits per heavy atom. The van der Waals surface area contributed by atoms with Crippen molar-refractivity contribution in [2.45, 2.75) is 26.3 Å². The van der Waals surface area contributed by atoms with Crippen molar-refractivity contribution in [3.63, 3.8) is 0 Å². The van der Waals surface area contributed by atoms with E-state index in [1.807, 2.05) is 51.1 Å². The lowest BCUT2D eigenvalue weighted by molar-refractivity contribution is 0.362. The van der Waals surface area contributed by atoms with E-state index in [9.17, 15) is 5.26 Å². The molecule has 2 aromatic carbocycles. The number of hydrogen-bond acceptors (Lipinski definition) is 3. The highest BCUT2D eigenvalue weighted by atomic mass is 15.3. The number of nitrogen functional groups attached to an aromatic ring is 1. The van der Waals surface area contributed by atoms with Gasteiger partial charge in [0.05, 0.1) is 5.54 Å². The van der Waals surface area contributed by atoms with Crippen LogP contribution in [-0.2, 0) is 5.54 Å². The van der Waals surface area contributed by atoms with Crippen LogP contribution in [0, 0.1) is 11.3 Å². The molecule has 0 saturated carbocycles. The molecule has 0 fully saturated rings. The summed E-state index contributed by atoms with van der Waals surface area (Å²) in [6, 6.07) is 16.4. The fourth-order valence-corrected chi connectivity index (χ4v) is 2.59.